The summed E-state index contributed by atoms with van der Waals surface area (Å²) in [5.41, 5.74) is 2.64. The van der Waals surface area contributed by atoms with Gasteiger partial charge in [-0.1, -0.05) is 23.5 Å². The van der Waals surface area contributed by atoms with Crippen molar-refractivity contribution in [2.75, 3.05) is 23.3 Å². The van der Waals surface area contributed by atoms with E-state index in [1.807, 2.05) is 29.2 Å². The van der Waals surface area contributed by atoms with Crippen LogP contribution >= 0.6 is 11.3 Å². The van der Waals surface area contributed by atoms with Gasteiger partial charge in [0.1, 0.15) is 10.7 Å². The third-order valence-electron chi connectivity index (χ3n) is 4.43. The highest BCUT2D eigenvalue weighted by atomic mass is 32.1. The van der Waals surface area contributed by atoms with Gasteiger partial charge in [0.25, 0.3) is 11.5 Å². The average Bonchev–Trinajstić information content (AvgIpc) is 3.21. The first-order valence-electron chi connectivity index (χ1n) is 10.0. The Hall–Kier alpha value is -4.13. The lowest BCUT2D eigenvalue weighted by molar-refractivity contribution is -0.120. The number of aromatic nitrogens is 4. The zero-order valence-electron chi connectivity index (χ0n) is 17.9. The molecule has 0 aliphatic heterocycles. The SMILES string of the molecule is CCN(CC)c1ccc(/C=N\NC(=O)Cc2nnc(NC(=O)c3cc(=O)[nH]c(=O)[nH]3)s2)cc1. The van der Waals surface area contributed by atoms with E-state index in [4.69, 9.17) is 0 Å². The van der Waals surface area contributed by atoms with Crippen LogP contribution in [-0.4, -0.2) is 51.3 Å². The Kier molecular flexibility index (Phi) is 7.81. The van der Waals surface area contributed by atoms with E-state index < -0.39 is 23.1 Å². The largest absolute Gasteiger partial charge is 0.372 e. The number of hydrazone groups is 1. The van der Waals surface area contributed by atoms with Gasteiger partial charge < -0.3 is 9.88 Å². The molecule has 12 nitrogen and oxygen atoms in total. The molecule has 0 fully saturated rings. The van der Waals surface area contributed by atoms with Crippen molar-refractivity contribution in [3.63, 3.8) is 0 Å². The molecule has 2 amide bonds. The molecule has 3 aromatic rings. The van der Waals surface area contributed by atoms with Crippen LogP contribution in [0, 0.1) is 0 Å². The van der Waals surface area contributed by atoms with E-state index in [0.29, 0.717) is 5.01 Å². The molecular formula is C20H22N8O4S. The third-order valence-corrected chi connectivity index (χ3v) is 5.27. The van der Waals surface area contributed by atoms with Gasteiger partial charge in [-0.25, -0.2) is 10.2 Å². The molecule has 2 aromatic heterocycles. The molecule has 3 rings (SSSR count). The monoisotopic (exact) mass is 470 g/mol. The number of H-pyrrole nitrogens is 2. The Morgan fingerprint density at radius 2 is 1.85 bits per heavy atom. The lowest BCUT2D eigenvalue weighted by Crippen LogP contribution is -2.27. The lowest BCUT2D eigenvalue weighted by Gasteiger charge is -2.20. The van der Waals surface area contributed by atoms with Crippen LogP contribution in [0.3, 0.4) is 0 Å². The summed E-state index contributed by atoms with van der Waals surface area (Å²) in [6.07, 6.45) is 1.45. The normalized spacial score (nSPS) is 10.8. The molecule has 0 bridgehead atoms. The molecule has 13 heteroatoms. The van der Waals surface area contributed by atoms with Gasteiger partial charge in [0.15, 0.2) is 0 Å². The van der Waals surface area contributed by atoms with Crippen LogP contribution in [0.2, 0.25) is 0 Å². The van der Waals surface area contributed by atoms with Gasteiger partial charge in [0.05, 0.1) is 12.6 Å². The predicted molar refractivity (Wildman–Crippen MR) is 125 cm³/mol. The fourth-order valence-electron chi connectivity index (χ4n) is 2.85. The molecule has 0 saturated heterocycles. The predicted octanol–water partition coefficient (Wildman–Crippen LogP) is 0.706. The summed E-state index contributed by atoms with van der Waals surface area (Å²) >= 11 is 0.981. The minimum absolute atomic E-state index is 0.0897. The van der Waals surface area contributed by atoms with Crippen molar-refractivity contribution in [1.29, 1.82) is 0 Å². The Balaban J connectivity index is 1.51. The fourth-order valence-corrected chi connectivity index (χ4v) is 3.58. The number of nitrogens with one attached hydrogen (secondary N) is 4. The molecule has 1 aromatic carbocycles. The van der Waals surface area contributed by atoms with Gasteiger partial charge in [-0.15, -0.1) is 10.2 Å². The van der Waals surface area contributed by atoms with Crippen molar-refractivity contribution in [2.24, 2.45) is 5.10 Å². The Morgan fingerprint density at radius 3 is 2.52 bits per heavy atom. The lowest BCUT2D eigenvalue weighted by atomic mass is 10.2. The first kappa shape index (κ1) is 23.5. The molecule has 0 saturated carbocycles. The summed E-state index contributed by atoms with van der Waals surface area (Å²) in [6, 6.07) is 8.76. The first-order valence-corrected chi connectivity index (χ1v) is 10.8. The van der Waals surface area contributed by atoms with Crippen LogP contribution in [0.15, 0.2) is 45.0 Å². The van der Waals surface area contributed by atoms with Crippen molar-refractivity contribution >= 4 is 40.2 Å². The minimum atomic E-state index is -0.803. The maximum absolute atomic E-state index is 12.1. The number of aromatic amines is 2. The van der Waals surface area contributed by atoms with Gasteiger partial charge in [-0.2, -0.15) is 5.10 Å². The highest BCUT2D eigenvalue weighted by molar-refractivity contribution is 7.15. The highest BCUT2D eigenvalue weighted by Crippen LogP contribution is 2.16. The number of benzene rings is 1. The van der Waals surface area contributed by atoms with Crippen molar-refractivity contribution in [3.05, 3.63) is 67.4 Å². The molecule has 0 aliphatic rings. The van der Waals surface area contributed by atoms with Gasteiger partial charge in [0.2, 0.25) is 11.0 Å². The molecule has 4 N–H and O–H groups in total. The first-order chi connectivity index (χ1) is 15.9. The molecular weight excluding hydrogens is 448 g/mol. The molecule has 33 heavy (non-hydrogen) atoms. The van der Waals surface area contributed by atoms with Gasteiger partial charge in [-0.05, 0) is 31.5 Å². The molecule has 2 heterocycles. The van der Waals surface area contributed by atoms with E-state index >= 15 is 0 Å². The van der Waals surface area contributed by atoms with Crippen molar-refractivity contribution < 1.29 is 9.59 Å². The number of hydrogen-bond acceptors (Lipinski definition) is 9. The van der Waals surface area contributed by atoms with Gasteiger partial charge >= 0.3 is 5.69 Å². The third kappa shape index (κ3) is 6.67. The van der Waals surface area contributed by atoms with E-state index in [2.05, 4.69) is 49.8 Å². The fraction of sp³-hybridized carbons (Fsp3) is 0.250. The van der Waals surface area contributed by atoms with Crippen LogP contribution in [0.25, 0.3) is 0 Å². The summed E-state index contributed by atoms with van der Waals surface area (Å²) in [4.78, 5) is 53.2. The van der Waals surface area contributed by atoms with Crippen molar-refractivity contribution in [2.45, 2.75) is 20.3 Å². The minimum Gasteiger partial charge on any atom is -0.372 e. The highest BCUT2D eigenvalue weighted by Gasteiger charge is 2.13. The summed E-state index contributed by atoms with van der Waals surface area (Å²) in [7, 11) is 0. The van der Waals surface area contributed by atoms with Crippen LogP contribution in [0.5, 0.6) is 0 Å². The maximum atomic E-state index is 12.1. The summed E-state index contributed by atoms with van der Waals surface area (Å²) in [6.45, 7) is 6.03. The molecule has 0 radical (unpaired) electrons. The van der Waals surface area contributed by atoms with Crippen molar-refractivity contribution in [3.8, 4) is 0 Å². The smallest absolute Gasteiger partial charge is 0.326 e. The van der Waals surface area contributed by atoms with E-state index in [-0.39, 0.29) is 17.2 Å². The average molecular weight is 471 g/mol. The van der Waals surface area contributed by atoms with E-state index in [1.165, 1.54) is 6.21 Å². The second-order valence-electron chi connectivity index (χ2n) is 6.69. The second kappa shape index (κ2) is 10.9. The number of hydrogen-bond donors (Lipinski definition) is 4. The van der Waals surface area contributed by atoms with E-state index in [9.17, 15) is 19.2 Å². The molecule has 0 aliphatic carbocycles. The van der Waals surface area contributed by atoms with E-state index in [1.54, 1.807) is 0 Å². The van der Waals surface area contributed by atoms with Crippen LogP contribution in [0.4, 0.5) is 10.8 Å². The number of anilines is 2. The molecule has 0 unspecified atom stereocenters. The topological polar surface area (TPSA) is 165 Å². The second-order valence-corrected chi connectivity index (χ2v) is 7.75. The van der Waals surface area contributed by atoms with Gasteiger partial charge in [-0.3, -0.25) is 24.7 Å². The van der Waals surface area contributed by atoms with Crippen molar-refractivity contribution in [1.82, 2.24) is 25.6 Å². The van der Waals surface area contributed by atoms with Crippen LogP contribution < -0.4 is 26.9 Å². The zero-order valence-corrected chi connectivity index (χ0v) is 18.7. The molecule has 0 atom stereocenters. The molecule has 172 valence electrons. The molecule has 0 spiro atoms. The number of amides is 2. The Morgan fingerprint density at radius 1 is 1.12 bits per heavy atom. The number of carbonyl (C=O) groups excluding carboxylic acids is 2. The summed E-state index contributed by atoms with van der Waals surface area (Å²) in [5, 5.41) is 14.4. The zero-order chi connectivity index (χ0) is 23.8. The number of nitrogens with zero attached hydrogens (tertiary/aromatic N) is 4. The maximum Gasteiger partial charge on any atom is 0.326 e. The number of rotatable bonds is 9. The Bertz CT molecular complexity index is 1230. The van der Waals surface area contributed by atoms with Crippen LogP contribution in [0.1, 0.15) is 34.9 Å². The summed E-state index contributed by atoms with van der Waals surface area (Å²) < 4.78 is 0. The Labute approximate surface area is 191 Å². The number of carbonyl (C=O) groups is 2. The quantitative estimate of drug-likeness (QED) is 0.264. The van der Waals surface area contributed by atoms with Gasteiger partial charge in [0, 0.05) is 24.8 Å². The van der Waals surface area contributed by atoms with Crippen LogP contribution in [-0.2, 0) is 11.2 Å². The summed E-state index contributed by atoms with van der Waals surface area (Å²) in [5.74, 6) is -1.14. The van der Waals surface area contributed by atoms with E-state index in [0.717, 1.165) is 41.7 Å². The standard InChI is InChI=1S/C20H22N8O4S/c1-3-28(4-2)13-7-5-12(6-8-13)11-21-25-16(30)10-17-26-27-20(33-17)24-18(31)14-9-15(29)23-19(32)22-14/h5-9,11H,3-4,10H2,1-2H3,(H,25,30)(H,24,27,31)(H2,22,23,29,32)/b21-11-.